The van der Waals surface area contributed by atoms with E-state index in [0.29, 0.717) is 24.4 Å². The van der Waals surface area contributed by atoms with Crippen molar-refractivity contribution in [3.8, 4) is 0 Å². The zero-order valence-electron chi connectivity index (χ0n) is 22.1. The Balaban J connectivity index is 1.52. The summed E-state index contributed by atoms with van der Waals surface area (Å²) in [7, 11) is 0.293. The molecular formula is C29H46O4Si. The molecule has 34 heavy (non-hydrogen) atoms. The van der Waals surface area contributed by atoms with Crippen LogP contribution in [-0.2, 0) is 14.2 Å². The fourth-order valence-corrected chi connectivity index (χ4v) is 11.0. The maximum atomic E-state index is 12.8. The molecule has 0 amide bonds. The third-order valence-electron chi connectivity index (χ3n) is 9.80. The van der Waals surface area contributed by atoms with Gasteiger partial charge in [0.2, 0.25) is 0 Å². The summed E-state index contributed by atoms with van der Waals surface area (Å²) in [6.07, 6.45) is 14.2. The van der Waals surface area contributed by atoms with Gasteiger partial charge in [0.1, 0.15) is 6.10 Å². The van der Waals surface area contributed by atoms with E-state index in [2.05, 4.69) is 38.7 Å². The van der Waals surface area contributed by atoms with Gasteiger partial charge in [-0.3, -0.25) is 0 Å². The highest BCUT2D eigenvalue weighted by Gasteiger charge is 2.65. The van der Waals surface area contributed by atoms with Crippen molar-refractivity contribution in [1.29, 1.82) is 0 Å². The molecule has 2 fully saturated rings. The second kappa shape index (κ2) is 9.12. The molecule has 0 saturated heterocycles. The average Bonchev–Trinajstić information content (AvgIpc) is 3.15. The number of rotatable bonds is 6. The van der Waals surface area contributed by atoms with Crippen molar-refractivity contribution < 1.29 is 19.3 Å². The lowest BCUT2D eigenvalue weighted by molar-refractivity contribution is -0.157. The summed E-state index contributed by atoms with van der Waals surface area (Å²) in [5.41, 5.74) is 2.59. The molecule has 0 aromatic carbocycles. The first-order valence-corrected chi connectivity index (χ1v) is 17.5. The molecule has 4 aliphatic carbocycles. The zero-order valence-corrected chi connectivity index (χ0v) is 23.1. The Hall–Kier alpha value is -1.04. The summed E-state index contributed by atoms with van der Waals surface area (Å²) in [5, 5.41) is 12.8. The fraction of sp³-hybridized carbons (Fsp3) is 0.793. The Labute approximate surface area is 207 Å². The standard InChI is InChI=1S/C29H46O4Si/c1-6-28-18-29(30,19-34(3,4)5)27-23-10-8-22(31-2)17-20(23)7-9-24(27)25(28)11-12-26(28)33-21-13-15-32-16-14-21/h8,13,24-27,30H,6-7,9-12,14-19H2,1-5H3/t24?,25-,26-,27?,28-,29+/m0/s1. The van der Waals surface area contributed by atoms with Gasteiger partial charge in [0, 0.05) is 32.2 Å². The van der Waals surface area contributed by atoms with Crippen LogP contribution < -0.4 is 0 Å². The molecule has 1 heterocycles. The summed E-state index contributed by atoms with van der Waals surface area (Å²) in [4.78, 5) is 0. The van der Waals surface area contributed by atoms with Crippen LogP contribution in [0.3, 0.4) is 0 Å². The van der Waals surface area contributed by atoms with Crippen molar-refractivity contribution in [1.82, 2.24) is 0 Å². The third kappa shape index (κ3) is 4.24. The number of fused-ring (bicyclic) bond motifs is 4. The van der Waals surface area contributed by atoms with E-state index in [-0.39, 0.29) is 11.5 Å². The molecule has 0 bridgehead atoms. The molecule has 0 aromatic heterocycles. The minimum atomic E-state index is -1.51. The molecule has 190 valence electrons. The van der Waals surface area contributed by atoms with E-state index in [1.807, 2.05) is 0 Å². The van der Waals surface area contributed by atoms with Crippen molar-refractivity contribution in [3.63, 3.8) is 0 Å². The van der Waals surface area contributed by atoms with E-state index in [0.717, 1.165) is 62.7 Å². The van der Waals surface area contributed by atoms with E-state index in [9.17, 15) is 5.11 Å². The third-order valence-corrected chi connectivity index (χ3v) is 11.5. The molecule has 0 spiro atoms. The van der Waals surface area contributed by atoms with Gasteiger partial charge in [-0.1, -0.05) is 37.7 Å². The van der Waals surface area contributed by atoms with Gasteiger partial charge in [-0.25, -0.2) is 0 Å². The number of hydrogen-bond acceptors (Lipinski definition) is 4. The maximum absolute atomic E-state index is 12.8. The first kappa shape index (κ1) is 24.6. The SMILES string of the molecule is CC[C@]12C[C@@](O)(C[Si](C)(C)C)C3C4=C(CCC3[C@@H]1CC[C@@H]2OC1=CCOCC1)CC(OC)=CC4. The topological polar surface area (TPSA) is 47.9 Å². The van der Waals surface area contributed by atoms with E-state index in [4.69, 9.17) is 14.2 Å². The van der Waals surface area contributed by atoms with Gasteiger partial charge < -0.3 is 19.3 Å². The second-order valence-electron chi connectivity index (χ2n) is 13.0. The number of methoxy groups -OCH3 is 1. The van der Waals surface area contributed by atoms with Gasteiger partial charge in [-0.05, 0) is 75.0 Å². The van der Waals surface area contributed by atoms with Crippen LogP contribution in [0.4, 0.5) is 0 Å². The van der Waals surface area contributed by atoms with Gasteiger partial charge in [0.15, 0.2) is 0 Å². The predicted molar refractivity (Wildman–Crippen MR) is 139 cm³/mol. The van der Waals surface area contributed by atoms with Crippen LogP contribution in [0, 0.1) is 23.2 Å². The van der Waals surface area contributed by atoms with Crippen molar-refractivity contribution >= 4 is 8.07 Å². The normalized spacial score (nSPS) is 40.1. The molecular weight excluding hydrogens is 440 g/mol. The summed E-state index contributed by atoms with van der Waals surface area (Å²) in [6, 6.07) is 0.983. The van der Waals surface area contributed by atoms with E-state index >= 15 is 0 Å². The first-order valence-electron chi connectivity index (χ1n) is 13.8. The van der Waals surface area contributed by atoms with Crippen molar-refractivity contribution in [2.45, 2.75) is 102 Å². The highest BCUT2D eigenvalue weighted by molar-refractivity contribution is 6.76. The number of hydrogen-bond donors (Lipinski definition) is 1. The zero-order chi connectivity index (χ0) is 24.1. The van der Waals surface area contributed by atoms with Crippen LogP contribution in [0.15, 0.2) is 34.8 Å². The van der Waals surface area contributed by atoms with Gasteiger partial charge in [0.05, 0.1) is 37.4 Å². The minimum Gasteiger partial charge on any atom is -0.501 e. The fourth-order valence-electron chi connectivity index (χ4n) is 8.83. The monoisotopic (exact) mass is 486 g/mol. The Morgan fingerprint density at radius 3 is 2.62 bits per heavy atom. The molecule has 5 heteroatoms. The minimum absolute atomic E-state index is 0.0783. The lowest BCUT2D eigenvalue weighted by atomic mass is 9.48. The highest BCUT2D eigenvalue weighted by atomic mass is 28.3. The molecule has 2 saturated carbocycles. The van der Waals surface area contributed by atoms with E-state index in [1.165, 1.54) is 19.3 Å². The highest BCUT2D eigenvalue weighted by Crippen LogP contribution is 2.67. The molecule has 6 atom stereocenters. The van der Waals surface area contributed by atoms with E-state index < -0.39 is 13.7 Å². The molecule has 5 aliphatic rings. The van der Waals surface area contributed by atoms with Crippen molar-refractivity contribution in [2.75, 3.05) is 20.3 Å². The second-order valence-corrected chi connectivity index (χ2v) is 18.4. The first-order chi connectivity index (χ1) is 16.2. The number of allylic oxidation sites excluding steroid dienone is 2. The van der Waals surface area contributed by atoms with E-state index in [1.54, 1.807) is 18.3 Å². The molecule has 1 aliphatic heterocycles. The van der Waals surface area contributed by atoms with Crippen LogP contribution in [0.1, 0.15) is 64.7 Å². The van der Waals surface area contributed by atoms with Crippen molar-refractivity contribution in [2.24, 2.45) is 23.2 Å². The summed E-state index contributed by atoms with van der Waals surface area (Å²) >= 11 is 0. The predicted octanol–water partition coefficient (Wildman–Crippen LogP) is 6.60. The Kier molecular flexibility index (Phi) is 6.61. The van der Waals surface area contributed by atoms with Gasteiger partial charge in [0.25, 0.3) is 0 Å². The van der Waals surface area contributed by atoms with Crippen LogP contribution >= 0.6 is 0 Å². The number of aliphatic hydroxyl groups is 1. The average molecular weight is 487 g/mol. The Morgan fingerprint density at radius 1 is 1.12 bits per heavy atom. The lowest BCUT2D eigenvalue weighted by Gasteiger charge is -2.60. The van der Waals surface area contributed by atoms with Crippen LogP contribution in [0.5, 0.6) is 0 Å². The van der Waals surface area contributed by atoms with Crippen molar-refractivity contribution in [3.05, 3.63) is 34.8 Å². The smallest absolute Gasteiger partial charge is 0.104 e. The van der Waals surface area contributed by atoms with Gasteiger partial charge in [-0.2, -0.15) is 0 Å². The van der Waals surface area contributed by atoms with Crippen LogP contribution in [0.2, 0.25) is 25.7 Å². The Morgan fingerprint density at radius 2 is 1.94 bits per heavy atom. The quantitative estimate of drug-likeness (QED) is 0.339. The molecule has 0 radical (unpaired) electrons. The van der Waals surface area contributed by atoms with Crippen LogP contribution in [-0.4, -0.2) is 45.2 Å². The maximum Gasteiger partial charge on any atom is 0.104 e. The molecule has 5 rings (SSSR count). The summed E-state index contributed by atoms with van der Waals surface area (Å²) in [6.45, 7) is 11.1. The van der Waals surface area contributed by atoms with Gasteiger partial charge >= 0.3 is 0 Å². The molecule has 4 nitrogen and oxygen atoms in total. The molecule has 0 aromatic rings. The Bertz CT molecular complexity index is 883. The molecule has 2 unspecified atom stereocenters. The largest absolute Gasteiger partial charge is 0.501 e. The summed E-state index contributed by atoms with van der Waals surface area (Å²) in [5.74, 6) is 3.77. The lowest BCUT2D eigenvalue weighted by Crippen LogP contribution is -2.61. The number of ether oxygens (including phenoxy) is 3. The van der Waals surface area contributed by atoms with Gasteiger partial charge in [-0.15, -0.1) is 0 Å². The van der Waals surface area contributed by atoms with Crippen LogP contribution in [0.25, 0.3) is 0 Å². The molecule has 1 N–H and O–H groups in total. The summed E-state index contributed by atoms with van der Waals surface area (Å²) < 4.78 is 18.0.